The molecule has 31 heavy (non-hydrogen) atoms. The van der Waals surface area contributed by atoms with Gasteiger partial charge in [0.2, 0.25) is 0 Å². The van der Waals surface area contributed by atoms with Crippen LogP contribution in [0.25, 0.3) is 0 Å². The van der Waals surface area contributed by atoms with Gasteiger partial charge in [0, 0.05) is 35.9 Å². The van der Waals surface area contributed by atoms with E-state index in [1.54, 1.807) is 0 Å². The Morgan fingerprint density at radius 2 is 1.81 bits per heavy atom. The van der Waals surface area contributed by atoms with Crippen LogP contribution in [0.4, 0.5) is 5.69 Å². The van der Waals surface area contributed by atoms with Crippen LogP contribution in [-0.2, 0) is 11.2 Å². The first-order valence-electron chi connectivity index (χ1n) is 9.45. The van der Waals surface area contributed by atoms with Gasteiger partial charge in [0.05, 0.1) is 11.0 Å². The first kappa shape index (κ1) is 21.4. The first-order valence-corrected chi connectivity index (χ1v) is 9.45. The fraction of sp³-hybridized carbons (Fsp3) is 0.125. The van der Waals surface area contributed by atoms with Crippen LogP contribution in [0.3, 0.4) is 0 Å². The molecule has 3 aromatic rings. The van der Waals surface area contributed by atoms with E-state index in [-0.39, 0.29) is 34.9 Å². The fourth-order valence-electron chi connectivity index (χ4n) is 3.32. The van der Waals surface area contributed by atoms with E-state index in [4.69, 9.17) is 0 Å². The van der Waals surface area contributed by atoms with Crippen LogP contribution in [0, 0.1) is 21.4 Å². The van der Waals surface area contributed by atoms with Crippen molar-refractivity contribution < 1.29 is 14.5 Å². The summed E-state index contributed by atoms with van der Waals surface area (Å²) in [6, 6.07) is 17.7. The van der Waals surface area contributed by atoms with Gasteiger partial charge in [0.1, 0.15) is 11.8 Å². The van der Waals surface area contributed by atoms with Crippen molar-refractivity contribution in [3.05, 3.63) is 112 Å². The Hall–Kier alpha value is -4.31. The second kappa shape index (κ2) is 9.01. The number of aromatic nitrogens is 1. The molecule has 1 heterocycles. The number of non-ortho nitro benzene ring substituents is 1. The minimum Gasteiger partial charge on any atom is -0.327 e. The molecular weight excluding hydrogens is 394 g/mol. The summed E-state index contributed by atoms with van der Waals surface area (Å²) >= 11 is 0. The Balaban J connectivity index is 2.03. The van der Waals surface area contributed by atoms with Crippen LogP contribution in [-0.4, -0.2) is 21.1 Å². The summed E-state index contributed by atoms with van der Waals surface area (Å²) in [7, 11) is 0. The number of nitrogens with zero attached hydrogens (tertiary/aromatic N) is 3. The summed E-state index contributed by atoms with van der Waals surface area (Å²) in [5.41, 5.74) is 2.01. The number of carbonyl (C=O) groups excluding carboxylic acids is 2. The molecule has 0 amide bonds. The maximum Gasteiger partial charge on any atom is 0.269 e. The van der Waals surface area contributed by atoms with Gasteiger partial charge in [-0.25, -0.2) is 0 Å². The maximum absolute atomic E-state index is 12.8. The van der Waals surface area contributed by atoms with Crippen molar-refractivity contribution in [3.63, 3.8) is 0 Å². The van der Waals surface area contributed by atoms with E-state index in [2.05, 4.69) is 12.6 Å². The van der Waals surface area contributed by atoms with Gasteiger partial charge in [0.15, 0.2) is 11.6 Å². The molecule has 0 aliphatic rings. The summed E-state index contributed by atoms with van der Waals surface area (Å²) in [5.74, 6) is -0.463. The van der Waals surface area contributed by atoms with Crippen LogP contribution in [0.15, 0.2) is 79.0 Å². The van der Waals surface area contributed by atoms with Gasteiger partial charge in [-0.2, -0.15) is 5.26 Å². The number of nitriles is 1. The van der Waals surface area contributed by atoms with Gasteiger partial charge in [-0.05, 0) is 36.2 Å². The summed E-state index contributed by atoms with van der Waals surface area (Å²) in [4.78, 5) is 35.4. The number of nitro groups is 1. The van der Waals surface area contributed by atoms with E-state index in [0.29, 0.717) is 11.1 Å². The van der Waals surface area contributed by atoms with Gasteiger partial charge in [-0.3, -0.25) is 19.7 Å². The Bertz CT molecular complexity index is 1200. The molecule has 0 saturated heterocycles. The minimum absolute atomic E-state index is 0.0947. The molecule has 7 heteroatoms. The maximum atomic E-state index is 12.8. The van der Waals surface area contributed by atoms with Crippen LogP contribution in [0.5, 0.6) is 0 Å². The third-order valence-corrected chi connectivity index (χ3v) is 4.97. The predicted octanol–water partition coefficient (Wildman–Crippen LogP) is 4.43. The lowest BCUT2D eigenvalue weighted by Crippen LogP contribution is -2.17. The largest absolute Gasteiger partial charge is 0.327 e. The third-order valence-electron chi connectivity index (χ3n) is 4.97. The number of hydrogen-bond donors (Lipinski definition) is 0. The second-order valence-corrected chi connectivity index (χ2v) is 7.05. The smallest absolute Gasteiger partial charge is 0.269 e. The number of ketones is 2. The van der Waals surface area contributed by atoms with Crippen molar-refractivity contribution in [1.82, 2.24) is 4.57 Å². The number of carbonyl (C=O) groups is 2. The van der Waals surface area contributed by atoms with E-state index in [9.17, 15) is 25.0 Å². The average Bonchev–Trinajstić information content (AvgIpc) is 3.19. The van der Waals surface area contributed by atoms with E-state index >= 15 is 0 Å². The van der Waals surface area contributed by atoms with Crippen molar-refractivity contribution in [2.75, 3.05) is 0 Å². The van der Waals surface area contributed by atoms with E-state index < -0.39 is 11.0 Å². The zero-order valence-corrected chi connectivity index (χ0v) is 16.8. The molecule has 0 aliphatic heterocycles. The molecule has 0 aliphatic carbocycles. The van der Waals surface area contributed by atoms with Gasteiger partial charge in [0.25, 0.3) is 5.69 Å². The molecule has 0 radical (unpaired) electrons. The monoisotopic (exact) mass is 413 g/mol. The second-order valence-electron chi connectivity index (χ2n) is 7.05. The highest BCUT2D eigenvalue weighted by atomic mass is 16.6. The summed E-state index contributed by atoms with van der Waals surface area (Å²) in [6.07, 6.45) is 1.70. The summed E-state index contributed by atoms with van der Waals surface area (Å²) < 4.78 is 1.52. The van der Waals surface area contributed by atoms with E-state index in [1.165, 1.54) is 48.0 Å². The van der Waals surface area contributed by atoms with Gasteiger partial charge >= 0.3 is 0 Å². The number of nitro benzene ring substituents is 1. The fourth-order valence-corrected chi connectivity index (χ4v) is 3.32. The molecule has 7 nitrogen and oxygen atoms in total. The lowest BCUT2D eigenvalue weighted by molar-refractivity contribution is -0.384. The highest BCUT2D eigenvalue weighted by Crippen LogP contribution is 2.30. The molecule has 0 spiro atoms. The SMILES string of the molecule is C=C(C(C)=O)[C@@H](c1ccc([N+](=O)[O-])cc1)n1cc(C(=O)Cc2ccccc2)cc1C#N. The summed E-state index contributed by atoms with van der Waals surface area (Å²) in [6.45, 7) is 5.22. The summed E-state index contributed by atoms with van der Waals surface area (Å²) in [5, 5.41) is 20.6. The molecular formula is C24H19N3O4. The molecule has 0 unspecified atom stereocenters. The zero-order valence-electron chi connectivity index (χ0n) is 16.8. The Labute approximate surface area is 179 Å². The molecule has 1 atom stereocenters. The normalized spacial score (nSPS) is 11.4. The third kappa shape index (κ3) is 4.65. The minimum atomic E-state index is -0.772. The van der Waals surface area contributed by atoms with Crippen molar-refractivity contribution in [2.24, 2.45) is 0 Å². The van der Waals surface area contributed by atoms with Gasteiger partial charge < -0.3 is 4.57 Å². The Kier molecular flexibility index (Phi) is 6.22. The van der Waals surface area contributed by atoms with Crippen molar-refractivity contribution in [2.45, 2.75) is 19.4 Å². The molecule has 0 N–H and O–H groups in total. The van der Waals surface area contributed by atoms with Crippen LogP contribution in [0.2, 0.25) is 0 Å². The van der Waals surface area contributed by atoms with Crippen LogP contribution >= 0.6 is 0 Å². The molecule has 0 saturated carbocycles. The number of allylic oxidation sites excluding steroid dienone is 1. The first-order chi connectivity index (χ1) is 14.8. The highest BCUT2D eigenvalue weighted by Gasteiger charge is 2.25. The van der Waals surface area contributed by atoms with E-state index in [0.717, 1.165) is 5.56 Å². The Morgan fingerprint density at radius 1 is 1.16 bits per heavy atom. The van der Waals surface area contributed by atoms with Crippen LogP contribution in [0.1, 0.15) is 40.1 Å². The number of benzene rings is 2. The van der Waals surface area contributed by atoms with Gasteiger partial charge in [-0.15, -0.1) is 0 Å². The predicted molar refractivity (Wildman–Crippen MR) is 115 cm³/mol. The standard InChI is InChI=1S/C24H19N3O4/c1-16(17(2)28)24(19-8-10-21(11-9-19)27(30)31)26-15-20(13-22(26)14-25)23(29)12-18-6-4-3-5-7-18/h3-11,13,15,24H,1,12H2,2H3/t24-/m0/s1. The molecule has 3 rings (SSSR count). The van der Waals surface area contributed by atoms with Crippen molar-refractivity contribution in [3.8, 4) is 6.07 Å². The quantitative estimate of drug-likeness (QED) is 0.235. The van der Waals surface area contributed by atoms with Crippen molar-refractivity contribution in [1.29, 1.82) is 5.26 Å². The lowest BCUT2D eigenvalue weighted by Gasteiger charge is -2.21. The molecule has 1 aromatic heterocycles. The van der Waals surface area contributed by atoms with Crippen molar-refractivity contribution >= 4 is 17.3 Å². The average molecular weight is 413 g/mol. The zero-order chi connectivity index (χ0) is 22.5. The topological polar surface area (TPSA) is 106 Å². The van der Waals surface area contributed by atoms with Crippen LogP contribution < -0.4 is 0 Å². The number of hydrogen-bond acceptors (Lipinski definition) is 5. The number of Topliss-reactive ketones (excluding diaryl/α,β-unsaturated/α-hetero) is 2. The molecule has 154 valence electrons. The molecule has 0 bridgehead atoms. The Morgan fingerprint density at radius 3 is 2.35 bits per heavy atom. The highest BCUT2D eigenvalue weighted by molar-refractivity contribution is 5.98. The van der Waals surface area contributed by atoms with E-state index in [1.807, 2.05) is 30.3 Å². The number of rotatable bonds is 8. The van der Waals surface area contributed by atoms with Gasteiger partial charge in [-0.1, -0.05) is 36.9 Å². The lowest BCUT2D eigenvalue weighted by atomic mass is 9.96. The molecule has 2 aromatic carbocycles. The molecule has 0 fully saturated rings.